The Labute approximate surface area is 114 Å². The average Bonchev–Trinajstić information content (AvgIpc) is 2.65. The van der Waals surface area contributed by atoms with Crippen LogP contribution in [0.15, 0.2) is 42.5 Å². The van der Waals surface area contributed by atoms with Crippen molar-refractivity contribution in [1.29, 1.82) is 0 Å². The fourth-order valence-electron chi connectivity index (χ4n) is 3.53. The number of esters is 1. The summed E-state index contributed by atoms with van der Waals surface area (Å²) < 4.78 is 5.22. The monoisotopic (exact) mass is 256 g/mol. The molecular formula is C17H20O2. The van der Waals surface area contributed by atoms with E-state index in [1.165, 1.54) is 5.56 Å². The molecule has 100 valence electrons. The molecule has 0 bridgehead atoms. The fourth-order valence-corrected chi connectivity index (χ4v) is 3.53. The molecule has 2 fully saturated rings. The van der Waals surface area contributed by atoms with Gasteiger partial charge in [-0.3, -0.25) is 4.79 Å². The van der Waals surface area contributed by atoms with Gasteiger partial charge in [0.05, 0.1) is 5.41 Å². The van der Waals surface area contributed by atoms with Crippen LogP contribution in [-0.4, -0.2) is 12.6 Å². The van der Waals surface area contributed by atoms with Crippen molar-refractivity contribution in [3.05, 3.63) is 48.0 Å². The molecule has 1 aliphatic carbocycles. The van der Waals surface area contributed by atoms with E-state index in [4.69, 9.17) is 4.74 Å². The summed E-state index contributed by atoms with van der Waals surface area (Å²) >= 11 is 0. The number of rotatable bonds is 1. The first kappa shape index (κ1) is 12.5. The molecule has 2 nitrogen and oxygen atoms in total. The highest BCUT2D eigenvalue weighted by Gasteiger charge is 2.48. The van der Waals surface area contributed by atoms with E-state index in [0.717, 1.165) is 37.7 Å². The first-order valence-electron chi connectivity index (χ1n) is 7.13. The van der Waals surface area contributed by atoms with Gasteiger partial charge in [0.2, 0.25) is 0 Å². The number of carbonyl (C=O) groups is 1. The SMILES string of the molecule is C=C1COC(=O)[C@@]12CCC[C@H](c1ccccc1)CC2. The molecule has 1 saturated carbocycles. The van der Waals surface area contributed by atoms with Gasteiger partial charge in [0.1, 0.15) is 6.61 Å². The maximum Gasteiger partial charge on any atom is 0.316 e. The van der Waals surface area contributed by atoms with Gasteiger partial charge in [-0.15, -0.1) is 0 Å². The molecule has 0 N–H and O–H groups in total. The third kappa shape index (κ3) is 2.09. The topological polar surface area (TPSA) is 26.3 Å². The zero-order valence-corrected chi connectivity index (χ0v) is 11.2. The minimum absolute atomic E-state index is 0.0359. The van der Waals surface area contributed by atoms with Crippen molar-refractivity contribution in [3.8, 4) is 0 Å². The van der Waals surface area contributed by atoms with Crippen LogP contribution in [0.4, 0.5) is 0 Å². The maximum atomic E-state index is 12.1. The van der Waals surface area contributed by atoms with Gasteiger partial charge >= 0.3 is 5.97 Å². The van der Waals surface area contributed by atoms with Crippen molar-refractivity contribution in [3.63, 3.8) is 0 Å². The zero-order chi connectivity index (χ0) is 13.3. The number of benzene rings is 1. The molecule has 1 aromatic carbocycles. The lowest BCUT2D eigenvalue weighted by atomic mass is 9.76. The first-order chi connectivity index (χ1) is 9.22. The van der Waals surface area contributed by atoms with Gasteiger partial charge in [-0.2, -0.15) is 0 Å². The van der Waals surface area contributed by atoms with Crippen LogP contribution in [-0.2, 0) is 9.53 Å². The molecule has 19 heavy (non-hydrogen) atoms. The Kier molecular flexibility index (Phi) is 3.17. The van der Waals surface area contributed by atoms with Gasteiger partial charge in [-0.1, -0.05) is 43.3 Å². The van der Waals surface area contributed by atoms with Crippen molar-refractivity contribution in [2.45, 2.75) is 38.0 Å². The molecule has 1 aromatic rings. The second kappa shape index (κ2) is 4.84. The van der Waals surface area contributed by atoms with Crippen LogP contribution in [0.2, 0.25) is 0 Å². The van der Waals surface area contributed by atoms with Gasteiger partial charge in [-0.25, -0.2) is 0 Å². The number of ether oxygens (including phenoxy) is 1. The summed E-state index contributed by atoms with van der Waals surface area (Å²) in [5, 5.41) is 0. The van der Waals surface area contributed by atoms with Gasteiger partial charge in [-0.05, 0) is 42.7 Å². The molecule has 1 heterocycles. The molecule has 0 unspecified atom stereocenters. The van der Waals surface area contributed by atoms with Gasteiger partial charge in [0.15, 0.2) is 0 Å². The molecule has 1 saturated heterocycles. The summed E-state index contributed by atoms with van der Waals surface area (Å²) in [5.74, 6) is 0.535. The Balaban J connectivity index is 1.80. The molecule has 0 radical (unpaired) electrons. The Morgan fingerprint density at radius 3 is 2.63 bits per heavy atom. The van der Waals surface area contributed by atoms with E-state index in [0.29, 0.717) is 12.5 Å². The summed E-state index contributed by atoms with van der Waals surface area (Å²) in [4.78, 5) is 12.1. The van der Waals surface area contributed by atoms with Crippen LogP contribution >= 0.6 is 0 Å². The number of carbonyl (C=O) groups excluding carboxylic acids is 1. The van der Waals surface area contributed by atoms with Crippen molar-refractivity contribution in [2.75, 3.05) is 6.61 Å². The van der Waals surface area contributed by atoms with E-state index in [9.17, 15) is 4.79 Å². The quantitative estimate of drug-likeness (QED) is 0.564. The van der Waals surface area contributed by atoms with E-state index in [-0.39, 0.29) is 11.4 Å². The zero-order valence-electron chi connectivity index (χ0n) is 11.2. The number of hydrogen-bond acceptors (Lipinski definition) is 2. The molecule has 1 spiro atoms. The summed E-state index contributed by atoms with van der Waals surface area (Å²) in [6.45, 7) is 4.50. The van der Waals surface area contributed by atoms with Crippen LogP contribution in [0.25, 0.3) is 0 Å². The van der Waals surface area contributed by atoms with Crippen molar-refractivity contribution in [2.24, 2.45) is 5.41 Å². The van der Waals surface area contributed by atoms with Gasteiger partial charge in [0, 0.05) is 0 Å². The van der Waals surface area contributed by atoms with Crippen LogP contribution in [0.3, 0.4) is 0 Å². The lowest BCUT2D eigenvalue weighted by Gasteiger charge is -2.23. The summed E-state index contributed by atoms with van der Waals surface area (Å²) in [7, 11) is 0. The van der Waals surface area contributed by atoms with E-state index < -0.39 is 0 Å². The summed E-state index contributed by atoms with van der Waals surface area (Å²) in [5.41, 5.74) is 2.02. The fraction of sp³-hybridized carbons (Fsp3) is 0.471. The lowest BCUT2D eigenvalue weighted by Crippen LogP contribution is -2.27. The molecule has 0 amide bonds. The highest BCUT2D eigenvalue weighted by atomic mass is 16.5. The van der Waals surface area contributed by atoms with Crippen molar-refractivity contribution >= 4 is 5.97 Å². The smallest absolute Gasteiger partial charge is 0.316 e. The van der Waals surface area contributed by atoms with Crippen molar-refractivity contribution < 1.29 is 9.53 Å². The Morgan fingerprint density at radius 2 is 1.95 bits per heavy atom. The largest absolute Gasteiger partial charge is 0.460 e. The highest BCUT2D eigenvalue weighted by Crippen LogP contribution is 2.48. The molecular weight excluding hydrogens is 236 g/mol. The Morgan fingerprint density at radius 1 is 1.16 bits per heavy atom. The van der Waals surface area contributed by atoms with Crippen LogP contribution in [0.1, 0.15) is 43.6 Å². The summed E-state index contributed by atoms with van der Waals surface area (Å²) in [6, 6.07) is 10.6. The third-order valence-electron chi connectivity index (χ3n) is 4.79. The second-order valence-electron chi connectivity index (χ2n) is 5.80. The van der Waals surface area contributed by atoms with Crippen LogP contribution in [0, 0.1) is 5.41 Å². The minimum Gasteiger partial charge on any atom is -0.460 e. The van der Waals surface area contributed by atoms with Crippen LogP contribution in [0.5, 0.6) is 0 Å². The van der Waals surface area contributed by atoms with E-state index in [1.807, 2.05) is 0 Å². The summed E-state index contributed by atoms with van der Waals surface area (Å²) in [6.07, 6.45) is 5.09. The molecule has 2 heteroatoms. The lowest BCUT2D eigenvalue weighted by molar-refractivity contribution is -0.146. The van der Waals surface area contributed by atoms with Gasteiger partial charge in [0.25, 0.3) is 0 Å². The first-order valence-corrected chi connectivity index (χ1v) is 7.13. The third-order valence-corrected chi connectivity index (χ3v) is 4.79. The standard InChI is InChI=1S/C17H20O2/c1-13-12-19-16(18)17(13)10-5-8-15(9-11-17)14-6-3-2-4-7-14/h2-4,6-7,15H,1,5,8-12H2/t15-,17+/m0/s1. The predicted octanol–water partition coefficient (Wildman–Crippen LogP) is 3.83. The molecule has 3 rings (SSSR count). The Hall–Kier alpha value is -1.57. The second-order valence-corrected chi connectivity index (χ2v) is 5.80. The van der Waals surface area contributed by atoms with E-state index in [2.05, 4.69) is 36.9 Å². The number of hydrogen-bond donors (Lipinski definition) is 0. The maximum absolute atomic E-state index is 12.1. The van der Waals surface area contributed by atoms with E-state index >= 15 is 0 Å². The molecule has 2 aliphatic rings. The average molecular weight is 256 g/mol. The minimum atomic E-state index is -0.371. The van der Waals surface area contributed by atoms with Crippen LogP contribution < -0.4 is 0 Å². The van der Waals surface area contributed by atoms with Crippen molar-refractivity contribution in [1.82, 2.24) is 0 Å². The highest BCUT2D eigenvalue weighted by molar-refractivity contribution is 5.83. The molecule has 1 aliphatic heterocycles. The predicted molar refractivity (Wildman–Crippen MR) is 74.8 cm³/mol. The Bertz CT molecular complexity index is 473. The van der Waals surface area contributed by atoms with Gasteiger partial charge < -0.3 is 4.74 Å². The number of cyclic esters (lactones) is 1. The normalized spacial score (nSPS) is 31.3. The molecule has 0 aromatic heterocycles. The van der Waals surface area contributed by atoms with E-state index in [1.54, 1.807) is 0 Å². The molecule has 2 atom stereocenters.